The Labute approximate surface area is 149 Å². The number of rotatable bonds is 10. The van der Waals surface area contributed by atoms with Crippen LogP contribution < -0.4 is 4.74 Å². The Morgan fingerprint density at radius 1 is 0.840 bits per heavy atom. The molecule has 0 aliphatic heterocycles. The van der Waals surface area contributed by atoms with E-state index in [2.05, 4.69) is 6.92 Å². The molecule has 4 heteroatoms. The van der Waals surface area contributed by atoms with Gasteiger partial charge in [-0.25, -0.2) is 4.79 Å². The van der Waals surface area contributed by atoms with E-state index in [1.807, 2.05) is 36.4 Å². The van der Waals surface area contributed by atoms with Crippen LogP contribution in [0.5, 0.6) is 5.75 Å². The maximum Gasteiger partial charge on any atom is 0.338 e. The van der Waals surface area contributed by atoms with Crippen LogP contribution in [0.15, 0.2) is 48.5 Å². The third-order valence-corrected chi connectivity index (χ3v) is 3.85. The first-order valence-electron chi connectivity index (χ1n) is 8.74. The average molecular weight is 342 g/mol. The van der Waals surface area contributed by atoms with Gasteiger partial charge in [-0.15, -0.1) is 0 Å². The number of carbonyl (C=O) groups excluding carboxylic acids is 1. The molecule has 2 aromatic carbocycles. The number of unbranched alkanes of at least 4 members (excludes halogenated alkanes) is 2. The maximum absolute atomic E-state index is 11.9. The lowest BCUT2D eigenvalue weighted by atomic mass is 10.0. The molecule has 0 N–H and O–H groups in total. The molecule has 2 rings (SSSR count). The van der Waals surface area contributed by atoms with Gasteiger partial charge in [0.25, 0.3) is 0 Å². The van der Waals surface area contributed by atoms with Crippen molar-refractivity contribution in [2.45, 2.75) is 26.2 Å². The van der Waals surface area contributed by atoms with Crippen LogP contribution in [0, 0.1) is 0 Å². The summed E-state index contributed by atoms with van der Waals surface area (Å²) >= 11 is 0. The van der Waals surface area contributed by atoms with Crippen molar-refractivity contribution in [3.63, 3.8) is 0 Å². The molecule has 25 heavy (non-hydrogen) atoms. The summed E-state index contributed by atoms with van der Waals surface area (Å²) in [7, 11) is 1.57. The van der Waals surface area contributed by atoms with E-state index in [0.29, 0.717) is 12.2 Å². The van der Waals surface area contributed by atoms with Crippen molar-refractivity contribution in [1.29, 1.82) is 0 Å². The molecule has 134 valence electrons. The Kier molecular flexibility index (Phi) is 7.99. The lowest BCUT2D eigenvalue weighted by Gasteiger charge is -2.08. The molecule has 0 unspecified atom stereocenters. The Morgan fingerprint density at radius 2 is 1.48 bits per heavy atom. The molecular weight excluding hydrogens is 316 g/mol. The third-order valence-electron chi connectivity index (χ3n) is 3.85. The number of carbonyl (C=O) groups is 1. The smallest absolute Gasteiger partial charge is 0.338 e. The van der Waals surface area contributed by atoms with E-state index < -0.39 is 0 Å². The first-order chi connectivity index (χ1) is 12.2. The highest BCUT2D eigenvalue weighted by Gasteiger charge is 2.07. The van der Waals surface area contributed by atoms with Crippen molar-refractivity contribution >= 4 is 5.97 Å². The summed E-state index contributed by atoms with van der Waals surface area (Å²) in [6.07, 6.45) is 3.47. The summed E-state index contributed by atoms with van der Waals surface area (Å²) < 4.78 is 15.7. The molecule has 0 spiro atoms. The number of esters is 1. The second-order valence-corrected chi connectivity index (χ2v) is 5.79. The normalized spacial score (nSPS) is 10.5. The fourth-order valence-corrected chi connectivity index (χ4v) is 2.39. The van der Waals surface area contributed by atoms with E-state index in [0.717, 1.165) is 29.9 Å². The molecule has 0 saturated heterocycles. The predicted octanol–water partition coefficient (Wildman–Crippen LogP) is 4.73. The Balaban J connectivity index is 1.91. The first-order valence-corrected chi connectivity index (χ1v) is 8.74. The molecule has 0 bridgehead atoms. The molecule has 0 aromatic heterocycles. The minimum Gasteiger partial charge on any atom is -0.494 e. The van der Waals surface area contributed by atoms with Gasteiger partial charge in [-0.1, -0.05) is 44.0 Å². The number of hydrogen-bond acceptors (Lipinski definition) is 4. The molecule has 4 nitrogen and oxygen atoms in total. The van der Waals surface area contributed by atoms with Crippen molar-refractivity contribution < 1.29 is 19.0 Å². The summed E-state index contributed by atoms with van der Waals surface area (Å²) in [5.41, 5.74) is 2.67. The Morgan fingerprint density at radius 3 is 2.08 bits per heavy atom. The van der Waals surface area contributed by atoms with Crippen LogP contribution in [0.4, 0.5) is 0 Å². The maximum atomic E-state index is 11.9. The Hall–Kier alpha value is -2.33. The van der Waals surface area contributed by atoms with Gasteiger partial charge in [-0.3, -0.25) is 0 Å². The van der Waals surface area contributed by atoms with Crippen molar-refractivity contribution in [2.24, 2.45) is 0 Å². The van der Waals surface area contributed by atoms with E-state index in [1.54, 1.807) is 19.2 Å². The predicted molar refractivity (Wildman–Crippen MR) is 99.1 cm³/mol. The van der Waals surface area contributed by atoms with Gasteiger partial charge in [0.1, 0.15) is 12.4 Å². The summed E-state index contributed by atoms with van der Waals surface area (Å²) in [4.78, 5) is 11.9. The van der Waals surface area contributed by atoms with Gasteiger partial charge < -0.3 is 14.2 Å². The van der Waals surface area contributed by atoms with Crippen molar-refractivity contribution in [2.75, 3.05) is 26.9 Å². The molecular formula is C21H26O4. The highest BCUT2D eigenvalue weighted by molar-refractivity contribution is 5.90. The monoisotopic (exact) mass is 342 g/mol. The highest BCUT2D eigenvalue weighted by Crippen LogP contribution is 2.23. The second-order valence-electron chi connectivity index (χ2n) is 5.79. The van der Waals surface area contributed by atoms with E-state index in [4.69, 9.17) is 14.2 Å². The molecule has 0 fully saturated rings. The largest absolute Gasteiger partial charge is 0.494 e. The molecule has 0 atom stereocenters. The lowest BCUT2D eigenvalue weighted by molar-refractivity contribution is 0.0388. The SMILES string of the molecule is CCCCCOc1ccc(-c2ccc(C(=O)OCCOC)cc2)cc1. The topological polar surface area (TPSA) is 44.8 Å². The number of benzene rings is 2. The zero-order chi connectivity index (χ0) is 17.9. The molecule has 0 saturated carbocycles. The summed E-state index contributed by atoms with van der Waals surface area (Å²) in [6.45, 7) is 3.60. The van der Waals surface area contributed by atoms with Crippen LogP contribution in [0.2, 0.25) is 0 Å². The minimum atomic E-state index is -0.334. The standard InChI is InChI=1S/C21H26O4/c1-3-4-5-14-24-20-12-10-18(11-13-20)17-6-8-19(9-7-17)21(22)25-16-15-23-2/h6-13H,3-5,14-16H2,1-2H3. The van der Waals surface area contributed by atoms with Crippen molar-refractivity contribution in [1.82, 2.24) is 0 Å². The zero-order valence-corrected chi connectivity index (χ0v) is 15.0. The third kappa shape index (κ3) is 6.24. The van der Waals surface area contributed by atoms with Gasteiger partial charge in [0.2, 0.25) is 0 Å². The molecule has 2 aromatic rings. The van der Waals surface area contributed by atoms with Gasteiger partial charge in [0, 0.05) is 7.11 Å². The van der Waals surface area contributed by atoms with Crippen molar-refractivity contribution in [3.8, 4) is 16.9 Å². The van der Waals surface area contributed by atoms with Gasteiger partial charge >= 0.3 is 5.97 Å². The van der Waals surface area contributed by atoms with Crippen LogP contribution in [-0.2, 0) is 9.47 Å². The van der Waals surface area contributed by atoms with E-state index in [-0.39, 0.29) is 12.6 Å². The number of methoxy groups -OCH3 is 1. The zero-order valence-electron chi connectivity index (χ0n) is 15.0. The molecule has 0 aliphatic rings. The van der Waals surface area contributed by atoms with Crippen LogP contribution in [0.25, 0.3) is 11.1 Å². The van der Waals surface area contributed by atoms with E-state index in [1.165, 1.54) is 12.8 Å². The van der Waals surface area contributed by atoms with Gasteiger partial charge in [-0.05, 0) is 41.8 Å². The van der Waals surface area contributed by atoms with Gasteiger partial charge in [0.15, 0.2) is 0 Å². The highest BCUT2D eigenvalue weighted by atomic mass is 16.6. The lowest BCUT2D eigenvalue weighted by Crippen LogP contribution is -2.09. The fraction of sp³-hybridized carbons (Fsp3) is 0.381. The average Bonchev–Trinajstić information content (AvgIpc) is 2.66. The van der Waals surface area contributed by atoms with Crippen LogP contribution in [0.1, 0.15) is 36.5 Å². The van der Waals surface area contributed by atoms with E-state index in [9.17, 15) is 4.79 Å². The molecule has 0 amide bonds. The molecule has 0 heterocycles. The minimum absolute atomic E-state index is 0.261. The van der Waals surface area contributed by atoms with E-state index >= 15 is 0 Å². The Bertz CT molecular complexity index is 632. The van der Waals surface area contributed by atoms with Gasteiger partial charge in [-0.2, -0.15) is 0 Å². The first kappa shape index (κ1) is 19.0. The molecule has 0 aliphatic carbocycles. The number of ether oxygens (including phenoxy) is 3. The fourth-order valence-electron chi connectivity index (χ4n) is 2.39. The quantitative estimate of drug-likeness (QED) is 0.463. The van der Waals surface area contributed by atoms with Crippen LogP contribution in [-0.4, -0.2) is 32.9 Å². The van der Waals surface area contributed by atoms with Crippen LogP contribution in [0.3, 0.4) is 0 Å². The summed E-state index contributed by atoms with van der Waals surface area (Å²) in [5, 5.41) is 0. The second kappa shape index (κ2) is 10.5. The number of hydrogen-bond donors (Lipinski definition) is 0. The van der Waals surface area contributed by atoms with Crippen LogP contribution >= 0.6 is 0 Å². The summed E-state index contributed by atoms with van der Waals surface area (Å²) in [6, 6.07) is 15.4. The molecule has 0 radical (unpaired) electrons. The van der Waals surface area contributed by atoms with Crippen molar-refractivity contribution in [3.05, 3.63) is 54.1 Å². The van der Waals surface area contributed by atoms with Gasteiger partial charge in [0.05, 0.1) is 18.8 Å². The summed E-state index contributed by atoms with van der Waals surface area (Å²) in [5.74, 6) is 0.553.